The Balaban J connectivity index is 1.43. The van der Waals surface area contributed by atoms with Crippen molar-refractivity contribution in [1.82, 2.24) is 5.01 Å². The number of hydrazine groups is 1. The lowest BCUT2D eigenvalue weighted by molar-refractivity contribution is -0.123. The maximum absolute atomic E-state index is 13.9. The normalized spacial score (nSPS) is 21.2. The molecule has 1 fully saturated rings. The van der Waals surface area contributed by atoms with Crippen LogP contribution in [0.15, 0.2) is 103 Å². The van der Waals surface area contributed by atoms with Gasteiger partial charge in [0.15, 0.2) is 0 Å². The number of rotatable bonds is 6. The van der Waals surface area contributed by atoms with Crippen molar-refractivity contribution in [3.05, 3.63) is 114 Å². The van der Waals surface area contributed by atoms with Crippen LogP contribution in [-0.2, 0) is 9.59 Å². The van der Waals surface area contributed by atoms with Gasteiger partial charge < -0.3 is 15.3 Å². The van der Waals surface area contributed by atoms with Crippen molar-refractivity contribution in [1.29, 1.82) is 5.26 Å². The fourth-order valence-corrected chi connectivity index (χ4v) is 5.59. The Labute approximate surface area is 231 Å². The molecular formula is C32H26N4O4. The highest BCUT2D eigenvalue weighted by molar-refractivity contribution is 6.24. The highest BCUT2D eigenvalue weighted by Gasteiger charge is 2.54. The Morgan fingerprint density at radius 3 is 2.27 bits per heavy atom. The second kappa shape index (κ2) is 10.3. The predicted molar refractivity (Wildman–Crippen MR) is 151 cm³/mol. The molecule has 4 atom stereocenters. The number of hydrogen-bond donors (Lipinski definition) is 2. The lowest BCUT2D eigenvalue weighted by Crippen LogP contribution is -2.55. The van der Waals surface area contributed by atoms with Crippen molar-refractivity contribution in [3.63, 3.8) is 0 Å². The number of nitrogens with zero attached hydrogens (tertiary/aromatic N) is 3. The van der Waals surface area contributed by atoms with E-state index in [1.165, 1.54) is 4.90 Å². The molecule has 2 heterocycles. The first kappa shape index (κ1) is 25.3. The summed E-state index contributed by atoms with van der Waals surface area (Å²) in [6.45, 7) is 0. The van der Waals surface area contributed by atoms with Gasteiger partial charge in [-0.05, 0) is 53.4 Å². The molecule has 8 heteroatoms. The average Bonchev–Trinajstić information content (AvgIpc) is 3.26. The van der Waals surface area contributed by atoms with E-state index >= 15 is 0 Å². The van der Waals surface area contributed by atoms with Crippen LogP contribution in [-0.4, -0.2) is 41.1 Å². The predicted octanol–water partition coefficient (Wildman–Crippen LogP) is 4.58. The van der Waals surface area contributed by atoms with Gasteiger partial charge in [0, 0.05) is 11.1 Å². The van der Waals surface area contributed by atoms with E-state index < -0.39 is 24.1 Å². The Morgan fingerprint density at radius 2 is 1.57 bits per heavy atom. The summed E-state index contributed by atoms with van der Waals surface area (Å²) in [5.41, 5.74) is 5.55. The molecule has 4 aromatic carbocycles. The molecular weight excluding hydrogens is 504 g/mol. The molecule has 0 saturated carbocycles. The number of carbonyl (C=O) groups is 2. The van der Waals surface area contributed by atoms with Crippen LogP contribution in [0.25, 0.3) is 10.8 Å². The number of imide groups is 1. The van der Waals surface area contributed by atoms with Gasteiger partial charge in [0.25, 0.3) is 5.91 Å². The SMILES string of the molecule is COc1ccc(C(O)C2C=CC3C(=O)N(c4ccccc4)C(=O)C3N2Nc2ccc(C#N)cc2)c2ccccc12. The lowest BCUT2D eigenvalue weighted by atomic mass is 9.89. The van der Waals surface area contributed by atoms with Crippen LogP contribution in [0.3, 0.4) is 0 Å². The molecule has 2 amide bonds. The lowest BCUT2D eigenvalue weighted by Gasteiger charge is -2.41. The third-order valence-corrected chi connectivity index (χ3v) is 7.52. The van der Waals surface area contributed by atoms with Crippen molar-refractivity contribution in [2.75, 3.05) is 17.4 Å². The van der Waals surface area contributed by atoms with Gasteiger partial charge in [0.05, 0.1) is 36.4 Å². The summed E-state index contributed by atoms with van der Waals surface area (Å²) in [4.78, 5) is 28.6. The van der Waals surface area contributed by atoms with E-state index in [4.69, 9.17) is 4.74 Å². The first-order valence-corrected chi connectivity index (χ1v) is 12.9. The minimum atomic E-state index is -1.06. The van der Waals surface area contributed by atoms with Gasteiger partial charge in [0.1, 0.15) is 17.9 Å². The van der Waals surface area contributed by atoms with Crippen LogP contribution in [0.2, 0.25) is 0 Å². The number of aliphatic hydroxyl groups excluding tert-OH is 1. The summed E-state index contributed by atoms with van der Waals surface area (Å²) in [6.07, 6.45) is 2.44. The van der Waals surface area contributed by atoms with E-state index in [2.05, 4.69) is 11.5 Å². The summed E-state index contributed by atoms with van der Waals surface area (Å²) < 4.78 is 5.53. The van der Waals surface area contributed by atoms with Gasteiger partial charge in [0.2, 0.25) is 5.91 Å². The summed E-state index contributed by atoms with van der Waals surface area (Å²) >= 11 is 0. The van der Waals surface area contributed by atoms with Gasteiger partial charge in [-0.1, -0.05) is 60.7 Å². The van der Waals surface area contributed by atoms with Crippen molar-refractivity contribution < 1.29 is 19.4 Å². The minimum absolute atomic E-state index is 0.327. The van der Waals surface area contributed by atoms with Gasteiger partial charge >= 0.3 is 0 Å². The molecule has 0 aliphatic carbocycles. The molecule has 4 unspecified atom stereocenters. The van der Waals surface area contributed by atoms with E-state index in [-0.39, 0.29) is 11.8 Å². The quantitative estimate of drug-likeness (QED) is 0.278. The number of anilines is 2. The molecule has 8 nitrogen and oxygen atoms in total. The van der Waals surface area contributed by atoms with Gasteiger partial charge in [-0.15, -0.1) is 0 Å². The first-order chi connectivity index (χ1) is 19.5. The first-order valence-electron chi connectivity index (χ1n) is 12.9. The van der Waals surface area contributed by atoms with Crippen LogP contribution in [0.1, 0.15) is 17.2 Å². The molecule has 0 spiro atoms. The van der Waals surface area contributed by atoms with Crippen LogP contribution < -0.4 is 15.1 Å². The van der Waals surface area contributed by atoms with Gasteiger partial charge in [-0.25, -0.2) is 9.91 Å². The summed E-state index contributed by atoms with van der Waals surface area (Å²) in [7, 11) is 1.60. The number of ether oxygens (including phenoxy) is 1. The number of carbonyl (C=O) groups excluding carboxylic acids is 2. The fourth-order valence-electron chi connectivity index (χ4n) is 5.59. The number of fused-ring (bicyclic) bond motifs is 2. The van der Waals surface area contributed by atoms with Gasteiger partial charge in [-0.3, -0.25) is 9.59 Å². The number of hydrogen-bond acceptors (Lipinski definition) is 7. The number of aliphatic hydroxyl groups is 1. The largest absolute Gasteiger partial charge is 0.496 e. The third kappa shape index (κ3) is 4.18. The minimum Gasteiger partial charge on any atom is -0.496 e. The average molecular weight is 531 g/mol. The van der Waals surface area contributed by atoms with Crippen LogP contribution in [0, 0.1) is 17.2 Å². The van der Waals surface area contributed by atoms with E-state index in [0.717, 1.165) is 10.8 Å². The highest BCUT2D eigenvalue weighted by atomic mass is 16.5. The van der Waals surface area contributed by atoms with E-state index in [1.807, 2.05) is 42.5 Å². The van der Waals surface area contributed by atoms with Crippen molar-refractivity contribution in [2.45, 2.75) is 18.2 Å². The molecule has 0 radical (unpaired) electrons. The molecule has 0 bridgehead atoms. The summed E-state index contributed by atoms with van der Waals surface area (Å²) in [6, 6.07) is 27.4. The fraction of sp³-hybridized carbons (Fsp3) is 0.156. The molecule has 4 aromatic rings. The number of methoxy groups -OCH3 is 1. The third-order valence-electron chi connectivity index (χ3n) is 7.52. The molecule has 2 aliphatic rings. The van der Waals surface area contributed by atoms with Gasteiger partial charge in [-0.2, -0.15) is 5.26 Å². The molecule has 2 N–H and O–H groups in total. The monoisotopic (exact) mass is 530 g/mol. The number of nitriles is 1. The summed E-state index contributed by atoms with van der Waals surface area (Å²) in [5, 5.41) is 24.4. The zero-order valence-corrected chi connectivity index (χ0v) is 21.6. The van der Waals surface area contributed by atoms with Crippen LogP contribution >= 0.6 is 0 Å². The zero-order valence-electron chi connectivity index (χ0n) is 21.6. The maximum Gasteiger partial charge on any atom is 0.254 e. The molecule has 2 aliphatic heterocycles. The summed E-state index contributed by atoms with van der Waals surface area (Å²) in [5.74, 6) is -0.765. The topological polar surface area (TPSA) is 106 Å². The van der Waals surface area contributed by atoms with Crippen LogP contribution in [0.4, 0.5) is 11.4 Å². The standard InChI is InChI=1S/C32H26N4O4/c1-40-28-18-16-25(23-9-5-6-10-24(23)28)30(37)27-17-15-26-29(36(27)34-21-13-11-20(19-33)12-14-21)32(39)35(31(26)38)22-7-3-2-4-8-22/h2-18,26-27,29-30,34,37H,1H3. The molecule has 0 aromatic heterocycles. The Hall–Kier alpha value is -4.97. The smallest absolute Gasteiger partial charge is 0.254 e. The number of benzene rings is 4. The molecule has 40 heavy (non-hydrogen) atoms. The molecule has 198 valence electrons. The van der Waals surface area contributed by atoms with Crippen molar-refractivity contribution in [2.24, 2.45) is 5.92 Å². The molecule has 6 rings (SSSR count). The number of para-hydroxylation sites is 1. The van der Waals surface area contributed by atoms with Crippen molar-refractivity contribution >= 4 is 34.0 Å². The van der Waals surface area contributed by atoms with Crippen LogP contribution in [0.5, 0.6) is 5.75 Å². The van der Waals surface area contributed by atoms with E-state index in [0.29, 0.717) is 28.3 Å². The zero-order chi connectivity index (χ0) is 27.8. The Morgan fingerprint density at radius 1 is 0.875 bits per heavy atom. The maximum atomic E-state index is 13.9. The highest BCUT2D eigenvalue weighted by Crippen LogP contribution is 2.40. The second-order valence-electron chi connectivity index (χ2n) is 9.75. The number of nitrogens with one attached hydrogen (secondary N) is 1. The molecule has 1 saturated heterocycles. The Kier molecular flexibility index (Phi) is 6.52. The number of amides is 2. The Bertz CT molecular complexity index is 1660. The van der Waals surface area contributed by atoms with E-state index in [1.54, 1.807) is 72.8 Å². The van der Waals surface area contributed by atoms with E-state index in [9.17, 15) is 20.0 Å². The second-order valence-corrected chi connectivity index (χ2v) is 9.75. The van der Waals surface area contributed by atoms with Crippen molar-refractivity contribution in [3.8, 4) is 11.8 Å².